The number of phenolic OH excluding ortho intramolecular Hbond substituents is 1. The van der Waals surface area contributed by atoms with E-state index in [0.717, 1.165) is 19.0 Å². The molecule has 122 valence electrons. The molecule has 0 radical (unpaired) electrons. The van der Waals surface area contributed by atoms with E-state index in [-0.39, 0.29) is 17.4 Å². The van der Waals surface area contributed by atoms with Crippen LogP contribution in [0.3, 0.4) is 0 Å². The minimum Gasteiger partial charge on any atom is -0.507 e. The van der Waals surface area contributed by atoms with Crippen LogP contribution in [-0.2, 0) is 4.79 Å². The van der Waals surface area contributed by atoms with Crippen LogP contribution in [0.4, 0.5) is 0 Å². The number of fused-ring (bicyclic) bond motifs is 1. The molecule has 1 amide bonds. The number of hydrazone groups is 1. The van der Waals surface area contributed by atoms with E-state index in [0.29, 0.717) is 5.56 Å². The Hall–Kier alpha value is -1.90. The number of phenols is 1. The summed E-state index contributed by atoms with van der Waals surface area (Å²) in [5.41, 5.74) is 3.90. The van der Waals surface area contributed by atoms with Gasteiger partial charge in [-0.15, -0.1) is 11.3 Å². The van der Waals surface area contributed by atoms with Gasteiger partial charge in [0.2, 0.25) is 0 Å². The molecule has 1 heterocycles. The maximum atomic E-state index is 11.8. The van der Waals surface area contributed by atoms with Gasteiger partial charge in [0.1, 0.15) is 5.75 Å². The highest BCUT2D eigenvalue weighted by Gasteiger charge is 2.07. The molecule has 0 saturated carbocycles. The molecule has 0 fully saturated rings. The average Bonchev–Trinajstić information content (AvgIpc) is 2.99. The summed E-state index contributed by atoms with van der Waals surface area (Å²) in [7, 11) is 0. The zero-order chi connectivity index (χ0) is 16.9. The Bertz CT molecular complexity index is 878. The van der Waals surface area contributed by atoms with Crippen LogP contribution >= 0.6 is 39.0 Å². The standard InChI is InChI=1S/C16H12BrN3O2S2/c17-11-5-6-13(21)10(7-11)8-18-20-15(22)9-23-16-19-12-3-1-2-4-14(12)24-16/h1-8,21H,9H2,(H,20,22)/b18-8-. The summed E-state index contributed by atoms with van der Waals surface area (Å²) in [6.07, 6.45) is 1.40. The quantitative estimate of drug-likeness (QED) is 0.370. The zero-order valence-corrected chi connectivity index (χ0v) is 15.5. The maximum Gasteiger partial charge on any atom is 0.250 e. The monoisotopic (exact) mass is 421 g/mol. The number of hydrogen-bond donors (Lipinski definition) is 2. The van der Waals surface area contributed by atoms with Gasteiger partial charge in [0.25, 0.3) is 5.91 Å². The fourth-order valence-electron chi connectivity index (χ4n) is 1.87. The van der Waals surface area contributed by atoms with Gasteiger partial charge in [-0.2, -0.15) is 5.10 Å². The summed E-state index contributed by atoms with van der Waals surface area (Å²) < 4.78 is 2.77. The van der Waals surface area contributed by atoms with Crippen molar-refractivity contribution >= 4 is 61.4 Å². The number of halogens is 1. The molecule has 5 nitrogen and oxygen atoms in total. The highest BCUT2D eigenvalue weighted by atomic mass is 79.9. The molecule has 1 aromatic heterocycles. The highest BCUT2D eigenvalue weighted by Crippen LogP contribution is 2.29. The first-order valence-electron chi connectivity index (χ1n) is 6.90. The molecular formula is C16H12BrN3O2S2. The molecule has 3 aromatic rings. The fourth-order valence-corrected chi connectivity index (χ4v) is 4.11. The Labute approximate surface area is 154 Å². The minimum atomic E-state index is -0.231. The summed E-state index contributed by atoms with van der Waals surface area (Å²) >= 11 is 6.24. The smallest absolute Gasteiger partial charge is 0.250 e. The Kier molecular flexibility index (Phi) is 5.49. The third-order valence-corrected chi connectivity index (χ3v) is 5.66. The summed E-state index contributed by atoms with van der Waals surface area (Å²) in [5, 5.41) is 13.5. The van der Waals surface area contributed by atoms with E-state index >= 15 is 0 Å². The van der Waals surface area contributed by atoms with Crippen molar-refractivity contribution in [1.29, 1.82) is 0 Å². The Morgan fingerprint density at radius 3 is 3.04 bits per heavy atom. The second kappa shape index (κ2) is 7.78. The molecular weight excluding hydrogens is 410 g/mol. The maximum absolute atomic E-state index is 11.8. The number of thiazole rings is 1. The third kappa shape index (κ3) is 4.34. The molecule has 0 spiro atoms. The molecule has 0 aliphatic carbocycles. The van der Waals surface area contributed by atoms with Gasteiger partial charge in [0.15, 0.2) is 4.34 Å². The van der Waals surface area contributed by atoms with Gasteiger partial charge in [0.05, 0.1) is 22.2 Å². The summed E-state index contributed by atoms with van der Waals surface area (Å²) in [4.78, 5) is 16.3. The van der Waals surface area contributed by atoms with Gasteiger partial charge < -0.3 is 5.11 Å². The average molecular weight is 422 g/mol. The number of carbonyl (C=O) groups is 1. The number of rotatable bonds is 5. The zero-order valence-electron chi connectivity index (χ0n) is 12.3. The first-order chi connectivity index (χ1) is 11.6. The molecule has 0 bridgehead atoms. The molecule has 3 rings (SSSR count). The van der Waals surface area contributed by atoms with Crippen molar-refractivity contribution in [3.63, 3.8) is 0 Å². The molecule has 0 aliphatic heterocycles. The van der Waals surface area contributed by atoms with Gasteiger partial charge in [0, 0.05) is 10.0 Å². The second-order valence-electron chi connectivity index (χ2n) is 4.73. The molecule has 0 atom stereocenters. The number of nitrogens with one attached hydrogen (secondary N) is 1. The number of nitrogens with zero attached hydrogens (tertiary/aromatic N) is 2. The normalized spacial score (nSPS) is 11.2. The van der Waals surface area contributed by atoms with Gasteiger partial charge >= 0.3 is 0 Å². The van der Waals surface area contributed by atoms with Crippen molar-refractivity contribution in [2.45, 2.75) is 4.34 Å². The third-order valence-electron chi connectivity index (χ3n) is 2.98. The van der Waals surface area contributed by atoms with Crippen LogP contribution < -0.4 is 5.43 Å². The van der Waals surface area contributed by atoms with Gasteiger partial charge in [-0.05, 0) is 30.3 Å². The van der Waals surface area contributed by atoms with Crippen LogP contribution in [0.15, 0.2) is 56.4 Å². The minimum absolute atomic E-state index is 0.0973. The lowest BCUT2D eigenvalue weighted by molar-refractivity contribution is -0.118. The van der Waals surface area contributed by atoms with Crippen molar-refractivity contribution in [2.24, 2.45) is 5.10 Å². The molecule has 2 aromatic carbocycles. The number of benzene rings is 2. The number of amides is 1. The van der Waals surface area contributed by atoms with Crippen LogP contribution in [0.25, 0.3) is 10.2 Å². The number of hydrogen-bond acceptors (Lipinski definition) is 6. The van der Waals surface area contributed by atoms with Crippen molar-refractivity contribution in [2.75, 3.05) is 5.75 Å². The molecule has 0 unspecified atom stereocenters. The Balaban J connectivity index is 1.54. The van der Waals surface area contributed by atoms with E-state index in [1.807, 2.05) is 24.3 Å². The predicted molar refractivity (Wildman–Crippen MR) is 102 cm³/mol. The lowest BCUT2D eigenvalue weighted by Crippen LogP contribution is -2.19. The molecule has 0 aliphatic rings. The summed E-state index contributed by atoms with van der Waals surface area (Å²) in [6, 6.07) is 12.8. The van der Waals surface area contributed by atoms with E-state index in [4.69, 9.17) is 0 Å². The Morgan fingerprint density at radius 1 is 1.38 bits per heavy atom. The van der Waals surface area contributed by atoms with Crippen LogP contribution in [-0.4, -0.2) is 28.0 Å². The van der Waals surface area contributed by atoms with Gasteiger partial charge in [-0.3, -0.25) is 4.79 Å². The predicted octanol–water partition coefficient (Wildman–Crippen LogP) is 4.01. The largest absolute Gasteiger partial charge is 0.507 e. The fraction of sp³-hybridized carbons (Fsp3) is 0.0625. The summed E-state index contributed by atoms with van der Waals surface area (Å²) in [6.45, 7) is 0. The number of aromatic hydroxyl groups is 1. The number of carbonyl (C=O) groups excluding carboxylic acids is 1. The van der Waals surface area contributed by atoms with Gasteiger partial charge in [-0.1, -0.05) is 39.8 Å². The van der Waals surface area contributed by atoms with Crippen molar-refractivity contribution < 1.29 is 9.90 Å². The molecule has 2 N–H and O–H groups in total. The number of para-hydroxylation sites is 1. The summed E-state index contributed by atoms with van der Waals surface area (Å²) in [5.74, 6) is 0.0896. The van der Waals surface area contributed by atoms with Crippen LogP contribution in [0.2, 0.25) is 0 Å². The number of thioether (sulfide) groups is 1. The van der Waals surface area contributed by atoms with Crippen LogP contribution in [0.1, 0.15) is 5.56 Å². The van der Waals surface area contributed by atoms with Crippen molar-refractivity contribution in [3.05, 3.63) is 52.5 Å². The second-order valence-corrected chi connectivity index (χ2v) is 7.90. The van der Waals surface area contributed by atoms with Gasteiger partial charge in [-0.25, -0.2) is 10.4 Å². The highest BCUT2D eigenvalue weighted by molar-refractivity contribution is 9.10. The molecule has 8 heteroatoms. The number of aromatic nitrogens is 1. The van der Waals surface area contributed by atoms with Crippen LogP contribution in [0.5, 0.6) is 5.75 Å². The lowest BCUT2D eigenvalue weighted by atomic mass is 10.2. The molecule has 24 heavy (non-hydrogen) atoms. The lowest BCUT2D eigenvalue weighted by Gasteiger charge is -2.00. The topological polar surface area (TPSA) is 74.6 Å². The van der Waals surface area contributed by atoms with E-state index in [1.54, 1.807) is 29.5 Å². The van der Waals surface area contributed by atoms with Crippen molar-refractivity contribution in [3.8, 4) is 5.75 Å². The van der Waals surface area contributed by atoms with E-state index in [2.05, 4.69) is 31.4 Å². The van der Waals surface area contributed by atoms with E-state index in [1.165, 1.54) is 18.0 Å². The van der Waals surface area contributed by atoms with E-state index < -0.39 is 0 Å². The Morgan fingerprint density at radius 2 is 2.21 bits per heavy atom. The van der Waals surface area contributed by atoms with E-state index in [9.17, 15) is 9.90 Å². The van der Waals surface area contributed by atoms with Crippen molar-refractivity contribution in [1.82, 2.24) is 10.4 Å². The molecule has 0 saturated heterocycles. The first kappa shape index (κ1) is 16.9. The first-order valence-corrected chi connectivity index (χ1v) is 9.50. The SMILES string of the molecule is O=C(CSc1nc2ccccc2s1)N/N=C\c1cc(Br)ccc1O. The van der Waals surface area contributed by atoms with Crippen LogP contribution in [0, 0.1) is 0 Å².